The Labute approximate surface area is 65.1 Å². The molecule has 0 radical (unpaired) electrons. The van der Waals surface area contributed by atoms with Gasteiger partial charge < -0.3 is 14.6 Å². The van der Waals surface area contributed by atoms with Crippen molar-refractivity contribution in [2.45, 2.75) is 32.2 Å². The average Bonchev–Trinajstić information content (AvgIpc) is 2.03. The predicted octanol–water partition coefficient (Wildman–Crippen LogP) is 0.0469. The van der Waals surface area contributed by atoms with Crippen LogP contribution in [0, 0.1) is 0 Å². The normalized spacial score (nSPS) is 35.5. The highest BCUT2D eigenvalue weighted by Crippen LogP contribution is 2.31. The van der Waals surface area contributed by atoms with Gasteiger partial charge in [-0.05, 0) is 6.92 Å². The maximum absolute atomic E-state index is 11.0. The quantitative estimate of drug-likeness (QED) is 0.550. The molecule has 1 fully saturated rings. The molecular weight excluding hydrogens is 148 g/mol. The molecule has 1 heterocycles. The summed E-state index contributed by atoms with van der Waals surface area (Å²) in [5.41, 5.74) is -1.18. The molecule has 1 N–H and O–H groups in total. The van der Waals surface area contributed by atoms with Gasteiger partial charge in [0, 0.05) is 13.8 Å². The fourth-order valence-corrected chi connectivity index (χ4v) is 1.03. The molecule has 0 spiro atoms. The van der Waals surface area contributed by atoms with Crippen molar-refractivity contribution in [3.63, 3.8) is 0 Å². The second kappa shape index (κ2) is 2.19. The van der Waals surface area contributed by atoms with Gasteiger partial charge in [0.15, 0.2) is 5.60 Å². The molecule has 1 saturated heterocycles. The smallest absolute Gasteiger partial charge is 0.343 e. The lowest BCUT2D eigenvalue weighted by Gasteiger charge is -2.19. The molecule has 0 unspecified atom stereocenters. The molecule has 0 aromatic heterocycles. The van der Waals surface area contributed by atoms with E-state index in [0.717, 1.165) is 0 Å². The first-order chi connectivity index (χ1) is 4.90. The third kappa shape index (κ3) is 1.36. The summed E-state index contributed by atoms with van der Waals surface area (Å²) in [6.07, 6.45) is 0. The number of hydrogen-bond donors (Lipinski definition) is 1. The molecule has 64 valence electrons. The van der Waals surface area contributed by atoms with Crippen LogP contribution in [0.2, 0.25) is 0 Å². The van der Waals surface area contributed by atoms with Crippen LogP contribution in [0.4, 0.5) is 0 Å². The molecule has 0 bridgehead atoms. The van der Waals surface area contributed by atoms with Crippen LogP contribution in [0.25, 0.3) is 0 Å². The van der Waals surface area contributed by atoms with Crippen molar-refractivity contribution in [2.24, 2.45) is 0 Å². The summed E-state index contributed by atoms with van der Waals surface area (Å²) in [4.78, 5) is 11.0. The van der Waals surface area contributed by atoms with Gasteiger partial charge in [0.1, 0.15) is 0 Å². The van der Waals surface area contributed by atoms with Gasteiger partial charge in [-0.15, -0.1) is 0 Å². The fraction of sp³-hybridized carbons (Fsp3) is 0.857. The minimum Gasteiger partial charge on any atom is -0.431 e. The lowest BCUT2D eigenvalue weighted by atomic mass is 10.1. The van der Waals surface area contributed by atoms with E-state index in [-0.39, 0.29) is 6.61 Å². The number of cyclic esters (lactones) is 1. The minimum atomic E-state index is -1.18. The zero-order valence-corrected chi connectivity index (χ0v) is 6.88. The second-order valence-electron chi connectivity index (χ2n) is 3.28. The first-order valence-corrected chi connectivity index (χ1v) is 3.44. The van der Waals surface area contributed by atoms with E-state index in [4.69, 9.17) is 14.6 Å². The van der Waals surface area contributed by atoms with Crippen molar-refractivity contribution in [2.75, 3.05) is 6.61 Å². The lowest BCUT2D eigenvalue weighted by molar-refractivity contribution is -0.168. The predicted molar refractivity (Wildman–Crippen MR) is 36.7 cm³/mol. The summed E-state index contributed by atoms with van der Waals surface area (Å²) < 4.78 is 10.0. The number of hydrogen-bond acceptors (Lipinski definition) is 4. The van der Waals surface area contributed by atoms with E-state index in [1.54, 1.807) is 13.8 Å². The van der Waals surface area contributed by atoms with Gasteiger partial charge in [0.05, 0.1) is 6.61 Å². The molecule has 0 amide bonds. The number of carbonyl (C=O) groups is 1. The van der Waals surface area contributed by atoms with Crippen LogP contribution in [0.15, 0.2) is 0 Å². The highest BCUT2D eigenvalue weighted by Gasteiger charge is 2.50. The van der Waals surface area contributed by atoms with Crippen molar-refractivity contribution < 1.29 is 19.4 Å². The van der Waals surface area contributed by atoms with E-state index < -0.39 is 17.4 Å². The molecule has 1 rings (SSSR count). The number of aliphatic hydroxyl groups excluding tert-OH is 1. The molecule has 0 saturated carbocycles. The van der Waals surface area contributed by atoms with Gasteiger partial charge in [-0.3, -0.25) is 0 Å². The molecule has 1 aliphatic rings. The highest BCUT2D eigenvalue weighted by atomic mass is 16.8. The van der Waals surface area contributed by atoms with Gasteiger partial charge in [-0.2, -0.15) is 0 Å². The molecule has 0 aromatic rings. The summed E-state index contributed by atoms with van der Waals surface area (Å²) >= 11 is 0. The van der Waals surface area contributed by atoms with Gasteiger partial charge in [-0.25, -0.2) is 4.79 Å². The number of aliphatic hydroxyl groups is 1. The van der Waals surface area contributed by atoms with E-state index >= 15 is 0 Å². The maximum Gasteiger partial charge on any atom is 0.343 e. The summed E-state index contributed by atoms with van der Waals surface area (Å²) in [5, 5.41) is 8.80. The van der Waals surface area contributed by atoms with E-state index in [9.17, 15) is 4.79 Å². The summed E-state index contributed by atoms with van der Waals surface area (Å²) in [6.45, 7) is 4.41. The number of rotatable bonds is 1. The summed E-state index contributed by atoms with van der Waals surface area (Å²) in [7, 11) is 0. The minimum absolute atomic E-state index is 0.352. The monoisotopic (exact) mass is 160 g/mol. The molecule has 4 heteroatoms. The van der Waals surface area contributed by atoms with E-state index in [1.807, 2.05) is 0 Å². The summed E-state index contributed by atoms with van der Waals surface area (Å²) in [5.74, 6) is -1.42. The lowest BCUT2D eigenvalue weighted by Crippen LogP contribution is -2.37. The van der Waals surface area contributed by atoms with Crippen molar-refractivity contribution in [3.05, 3.63) is 0 Å². The van der Waals surface area contributed by atoms with Crippen LogP contribution < -0.4 is 0 Å². The number of esters is 1. The van der Waals surface area contributed by atoms with Gasteiger partial charge >= 0.3 is 5.97 Å². The van der Waals surface area contributed by atoms with Crippen LogP contribution >= 0.6 is 0 Å². The highest BCUT2D eigenvalue weighted by molar-refractivity contribution is 5.81. The van der Waals surface area contributed by atoms with Gasteiger partial charge in [0.2, 0.25) is 5.79 Å². The average molecular weight is 160 g/mol. The SMILES string of the molecule is CC1(C)OC(=O)[C@@](C)(CO)O1. The summed E-state index contributed by atoms with van der Waals surface area (Å²) in [6, 6.07) is 0. The Kier molecular flexibility index (Phi) is 1.69. The zero-order valence-electron chi connectivity index (χ0n) is 6.88. The topological polar surface area (TPSA) is 55.8 Å². The Hall–Kier alpha value is -0.610. The molecular formula is C7H12O4. The largest absolute Gasteiger partial charge is 0.431 e. The molecule has 0 aromatic carbocycles. The van der Waals surface area contributed by atoms with E-state index in [0.29, 0.717) is 0 Å². The Morgan fingerprint density at radius 2 is 2.00 bits per heavy atom. The van der Waals surface area contributed by atoms with Crippen LogP contribution in [-0.2, 0) is 14.3 Å². The fourth-order valence-electron chi connectivity index (χ4n) is 1.03. The molecule has 0 aliphatic carbocycles. The third-order valence-electron chi connectivity index (χ3n) is 1.54. The number of carbonyl (C=O) groups excluding carboxylic acids is 1. The number of ether oxygens (including phenoxy) is 2. The second-order valence-corrected chi connectivity index (χ2v) is 3.28. The molecule has 1 aliphatic heterocycles. The van der Waals surface area contributed by atoms with Gasteiger partial charge in [-0.1, -0.05) is 0 Å². The van der Waals surface area contributed by atoms with Crippen molar-refractivity contribution >= 4 is 5.97 Å². The van der Waals surface area contributed by atoms with E-state index in [1.165, 1.54) is 6.92 Å². The Morgan fingerprint density at radius 3 is 2.18 bits per heavy atom. The van der Waals surface area contributed by atoms with Crippen molar-refractivity contribution in [3.8, 4) is 0 Å². The Morgan fingerprint density at radius 1 is 1.45 bits per heavy atom. The van der Waals surface area contributed by atoms with Crippen molar-refractivity contribution in [1.29, 1.82) is 0 Å². The van der Waals surface area contributed by atoms with E-state index in [2.05, 4.69) is 0 Å². The standard InChI is InChI=1S/C7H12O4/c1-6(2)10-5(9)7(3,4-8)11-6/h8H,4H2,1-3H3/t7-/m1/s1. The molecule has 1 atom stereocenters. The Balaban J connectivity index is 2.82. The molecule has 11 heavy (non-hydrogen) atoms. The van der Waals surface area contributed by atoms with Crippen molar-refractivity contribution in [1.82, 2.24) is 0 Å². The third-order valence-corrected chi connectivity index (χ3v) is 1.54. The zero-order chi connectivity index (χ0) is 8.70. The van der Waals surface area contributed by atoms with Crippen LogP contribution in [0.1, 0.15) is 20.8 Å². The first kappa shape index (κ1) is 8.49. The molecule has 4 nitrogen and oxygen atoms in total. The maximum atomic E-state index is 11.0. The Bertz CT molecular complexity index is 187. The van der Waals surface area contributed by atoms with Crippen LogP contribution in [0.3, 0.4) is 0 Å². The first-order valence-electron chi connectivity index (χ1n) is 3.44. The van der Waals surface area contributed by atoms with Crippen LogP contribution in [0.5, 0.6) is 0 Å². The van der Waals surface area contributed by atoms with Crippen LogP contribution in [-0.4, -0.2) is 29.1 Å². The van der Waals surface area contributed by atoms with Gasteiger partial charge in [0.25, 0.3) is 0 Å².